The van der Waals surface area contributed by atoms with Crippen LogP contribution in [0.2, 0.25) is 10.0 Å². The van der Waals surface area contributed by atoms with Crippen LogP contribution in [0, 0.1) is 5.82 Å². The van der Waals surface area contributed by atoms with E-state index in [0.717, 1.165) is 0 Å². The maximum absolute atomic E-state index is 13.5. The zero-order chi connectivity index (χ0) is 25.3. The van der Waals surface area contributed by atoms with E-state index in [9.17, 15) is 9.18 Å². The third kappa shape index (κ3) is 3.33. The van der Waals surface area contributed by atoms with Gasteiger partial charge in [0, 0.05) is 21.2 Å². The number of aromatic nitrogens is 4. The van der Waals surface area contributed by atoms with Crippen molar-refractivity contribution in [3.05, 3.63) is 116 Å². The third-order valence-corrected chi connectivity index (χ3v) is 7.01. The molecule has 1 atom stereocenters. The summed E-state index contributed by atoms with van der Waals surface area (Å²) in [7, 11) is 0. The first kappa shape index (κ1) is 22.0. The Morgan fingerprint density at radius 3 is 2.43 bits per heavy atom. The Balaban J connectivity index is 1.57. The summed E-state index contributed by atoms with van der Waals surface area (Å²) < 4.78 is 26.9. The maximum Gasteiger partial charge on any atom is 0.344 e. The van der Waals surface area contributed by atoms with Crippen LogP contribution in [0.4, 0.5) is 4.39 Å². The Morgan fingerprint density at radius 1 is 0.892 bits per heavy atom. The lowest BCUT2D eigenvalue weighted by atomic mass is 9.84. The minimum atomic E-state index is -0.817. The van der Waals surface area contributed by atoms with Crippen molar-refractivity contribution < 1.29 is 13.5 Å². The Labute approximate surface area is 217 Å². The molecule has 1 aliphatic heterocycles. The molecule has 3 aromatic carbocycles. The lowest BCUT2D eigenvalue weighted by Crippen LogP contribution is -2.22. The first-order valence-electron chi connectivity index (χ1n) is 11.2. The topological polar surface area (TPSA) is 82.5 Å². The molecule has 0 radical (unpaired) electrons. The SMILES string of the molecule is O=c1oc2ccccc2c2c1C(c1c(Cl)cccc1Cl)c1c(ncn3nc(-c4ccc(F)cc4)nc13)O2. The lowest BCUT2D eigenvalue weighted by molar-refractivity contribution is 0.422. The van der Waals surface area contributed by atoms with E-state index in [1.165, 1.54) is 23.0 Å². The molecule has 0 bridgehead atoms. The number of para-hydroxylation sites is 1. The van der Waals surface area contributed by atoms with E-state index < -0.39 is 11.5 Å². The average molecular weight is 531 g/mol. The standard InChI is InChI=1S/C27H13Cl2FN4O3/c28-16-5-3-6-17(29)19(16)20-21-23(15-4-1-2-7-18(15)36-27(21)35)37-26-22(20)25-32-24(33-34(25)12-31-26)13-8-10-14(30)11-9-13/h1-12,20H. The van der Waals surface area contributed by atoms with Crippen LogP contribution in [0.3, 0.4) is 0 Å². The zero-order valence-corrected chi connectivity index (χ0v) is 20.2. The van der Waals surface area contributed by atoms with Gasteiger partial charge in [-0.25, -0.2) is 23.7 Å². The number of benzene rings is 3. The molecule has 3 aromatic heterocycles. The molecule has 0 aliphatic carbocycles. The van der Waals surface area contributed by atoms with Gasteiger partial charge in [0.15, 0.2) is 17.2 Å². The van der Waals surface area contributed by atoms with Crippen LogP contribution in [0.1, 0.15) is 22.6 Å². The minimum absolute atomic E-state index is 0.224. The van der Waals surface area contributed by atoms with Crippen molar-refractivity contribution in [1.29, 1.82) is 0 Å². The van der Waals surface area contributed by atoms with E-state index in [1.807, 2.05) is 6.07 Å². The molecule has 0 saturated carbocycles. The quantitative estimate of drug-likeness (QED) is 0.233. The molecule has 1 unspecified atom stereocenters. The van der Waals surface area contributed by atoms with Crippen molar-refractivity contribution in [1.82, 2.24) is 19.6 Å². The van der Waals surface area contributed by atoms with Gasteiger partial charge in [0.25, 0.3) is 0 Å². The second-order valence-corrected chi connectivity index (χ2v) is 9.29. The Kier molecular flexibility index (Phi) is 4.82. The number of fused-ring (bicyclic) bond motifs is 6. The van der Waals surface area contributed by atoms with Crippen LogP contribution in [0.5, 0.6) is 11.6 Å². The Bertz CT molecular complexity index is 1920. The summed E-state index contributed by atoms with van der Waals surface area (Å²) in [5.41, 5.74) is 1.93. The van der Waals surface area contributed by atoms with Crippen molar-refractivity contribution in [3.63, 3.8) is 0 Å². The highest BCUT2D eigenvalue weighted by Crippen LogP contribution is 2.51. The van der Waals surface area contributed by atoms with Crippen LogP contribution in [-0.4, -0.2) is 19.6 Å². The fourth-order valence-electron chi connectivity index (χ4n) is 4.73. The Hall–Kier alpha value is -4.27. The second-order valence-electron chi connectivity index (χ2n) is 8.47. The molecule has 0 amide bonds. The molecule has 0 N–H and O–H groups in total. The first-order chi connectivity index (χ1) is 18.0. The van der Waals surface area contributed by atoms with Gasteiger partial charge >= 0.3 is 5.63 Å². The van der Waals surface area contributed by atoms with E-state index in [2.05, 4.69) is 10.1 Å². The van der Waals surface area contributed by atoms with Gasteiger partial charge in [-0.15, -0.1) is 5.10 Å². The highest BCUT2D eigenvalue weighted by atomic mass is 35.5. The van der Waals surface area contributed by atoms with Gasteiger partial charge in [0.1, 0.15) is 17.7 Å². The van der Waals surface area contributed by atoms with Gasteiger partial charge in [0.05, 0.1) is 22.4 Å². The summed E-state index contributed by atoms with van der Waals surface area (Å²) >= 11 is 13.4. The molecule has 0 saturated heterocycles. The van der Waals surface area contributed by atoms with E-state index >= 15 is 0 Å². The highest BCUT2D eigenvalue weighted by Gasteiger charge is 2.39. The molecule has 0 fully saturated rings. The summed E-state index contributed by atoms with van der Waals surface area (Å²) in [6.07, 6.45) is 1.47. The summed E-state index contributed by atoms with van der Waals surface area (Å²) in [6.45, 7) is 0. The number of hydrogen-bond acceptors (Lipinski definition) is 6. The molecule has 6 aromatic rings. The summed E-state index contributed by atoms with van der Waals surface area (Å²) in [6, 6.07) is 18.0. The minimum Gasteiger partial charge on any atom is -0.437 e. The van der Waals surface area contributed by atoms with Crippen molar-refractivity contribution in [3.8, 4) is 23.0 Å². The van der Waals surface area contributed by atoms with Gasteiger partial charge in [0.2, 0.25) is 5.88 Å². The van der Waals surface area contributed by atoms with Gasteiger partial charge in [-0.05, 0) is 48.5 Å². The molecule has 1 aliphatic rings. The van der Waals surface area contributed by atoms with E-state index in [-0.39, 0.29) is 17.3 Å². The zero-order valence-electron chi connectivity index (χ0n) is 18.7. The average Bonchev–Trinajstić information content (AvgIpc) is 3.33. The largest absolute Gasteiger partial charge is 0.437 e. The molecule has 10 heteroatoms. The molecule has 180 valence electrons. The predicted molar refractivity (Wildman–Crippen MR) is 136 cm³/mol. The van der Waals surface area contributed by atoms with Gasteiger partial charge in [-0.3, -0.25) is 0 Å². The fraction of sp³-hybridized carbons (Fsp3) is 0.0370. The van der Waals surface area contributed by atoms with Crippen LogP contribution in [0.15, 0.2) is 82.3 Å². The summed E-state index contributed by atoms with van der Waals surface area (Å²) in [5, 5.41) is 5.82. The van der Waals surface area contributed by atoms with E-state index in [4.69, 9.17) is 37.3 Å². The number of nitrogens with zero attached hydrogens (tertiary/aromatic N) is 4. The van der Waals surface area contributed by atoms with Gasteiger partial charge in [-0.1, -0.05) is 41.4 Å². The third-order valence-electron chi connectivity index (χ3n) is 6.35. The molecule has 4 heterocycles. The number of halogens is 3. The van der Waals surface area contributed by atoms with E-state index in [0.29, 0.717) is 54.9 Å². The predicted octanol–water partition coefficient (Wildman–Crippen LogP) is 6.63. The monoisotopic (exact) mass is 530 g/mol. The van der Waals surface area contributed by atoms with Crippen molar-refractivity contribution in [2.24, 2.45) is 0 Å². The molecular weight excluding hydrogens is 518 g/mol. The second kappa shape index (κ2) is 8.12. The number of rotatable bonds is 2. The van der Waals surface area contributed by atoms with Crippen LogP contribution >= 0.6 is 23.2 Å². The van der Waals surface area contributed by atoms with Gasteiger partial charge < -0.3 is 9.15 Å². The molecule has 7 rings (SSSR count). The molecule has 37 heavy (non-hydrogen) atoms. The molecule has 7 nitrogen and oxygen atoms in total. The van der Waals surface area contributed by atoms with E-state index in [1.54, 1.807) is 48.5 Å². The summed E-state index contributed by atoms with van der Waals surface area (Å²) in [4.78, 5) is 22.7. The van der Waals surface area contributed by atoms with Crippen molar-refractivity contribution in [2.45, 2.75) is 5.92 Å². The van der Waals surface area contributed by atoms with Crippen LogP contribution in [-0.2, 0) is 0 Å². The maximum atomic E-state index is 13.5. The summed E-state index contributed by atoms with van der Waals surface area (Å²) in [5.74, 6) is -0.299. The smallest absolute Gasteiger partial charge is 0.344 e. The van der Waals surface area contributed by atoms with Crippen molar-refractivity contribution in [2.75, 3.05) is 0 Å². The first-order valence-corrected chi connectivity index (χ1v) is 11.9. The fourth-order valence-corrected chi connectivity index (χ4v) is 5.34. The Morgan fingerprint density at radius 2 is 1.65 bits per heavy atom. The molecule has 0 spiro atoms. The lowest BCUT2D eigenvalue weighted by Gasteiger charge is -2.28. The van der Waals surface area contributed by atoms with Crippen molar-refractivity contribution >= 4 is 39.8 Å². The highest BCUT2D eigenvalue weighted by molar-refractivity contribution is 6.36. The van der Waals surface area contributed by atoms with Crippen LogP contribution in [0.25, 0.3) is 28.0 Å². The number of ether oxygens (including phenoxy) is 1. The van der Waals surface area contributed by atoms with Gasteiger partial charge in [-0.2, -0.15) is 0 Å². The van der Waals surface area contributed by atoms with Crippen LogP contribution < -0.4 is 10.4 Å². The normalized spacial score (nSPS) is 14.4. The molecular formula is C27H13Cl2FN4O3. The number of hydrogen-bond donors (Lipinski definition) is 0.